The molecule has 1 saturated heterocycles. The van der Waals surface area contributed by atoms with Crippen LogP contribution in [0.25, 0.3) is 0 Å². The first-order valence-corrected chi connectivity index (χ1v) is 6.08. The maximum atomic E-state index is 11.6. The van der Waals surface area contributed by atoms with Crippen LogP contribution < -0.4 is 5.32 Å². The number of carbonyl (C=O) groups excluding carboxylic acids is 1. The van der Waals surface area contributed by atoms with E-state index in [4.69, 9.17) is 13.9 Å². The van der Waals surface area contributed by atoms with E-state index in [0.29, 0.717) is 19.8 Å². The quantitative estimate of drug-likeness (QED) is 0.603. The highest BCUT2D eigenvalue weighted by molar-refractivity contribution is 5.78. The molecule has 0 amide bonds. The minimum Gasteiger partial charge on any atom is -0.468 e. The summed E-state index contributed by atoms with van der Waals surface area (Å²) in [6.45, 7) is 4.15. The van der Waals surface area contributed by atoms with Crippen LogP contribution in [0.15, 0.2) is 16.5 Å². The van der Waals surface area contributed by atoms with Crippen molar-refractivity contribution in [3.63, 3.8) is 0 Å². The van der Waals surface area contributed by atoms with E-state index in [0.717, 1.165) is 24.5 Å². The lowest BCUT2D eigenvalue weighted by molar-refractivity contribution is -0.182. The summed E-state index contributed by atoms with van der Waals surface area (Å²) in [6.07, 6.45) is 0.811. The third-order valence-electron chi connectivity index (χ3n) is 3.18. The zero-order valence-electron chi connectivity index (χ0n) is 10.8. The Hall–Kier alpha value is -1.33. The lowest BCUT2D eigenvalue weighted by Crippen LogP contribution is -2.55. The number of ether oxygens (including phenoxy) is 2. The summed E-state index contributed by atoms with van der Waals surface area (Å²) >= 11 is 0. The molecule has 0 aliphatic carbocycles. The van der Waals surface area contributed by atoms with Gasteiger partial charge in [-0.15, -0.1) is 0 Å². The average molecular weight is 253 g/mol. The normalized spacial score (nSPS) is 17.2. The lowest BCUT2D eigenvalue weighted by Gasteiger charge is -2.38. The molecule has 0 unspecified atom stereocenters. The van der Waals surface area contributed by atoms with Crippen molar-refractivity contribution in [3.05, 3.63) is 23.7 Å². The third-order valence-corrected chi connectivity index (χ3v) is 3.18. The molecule has 1 fully saturated rings. The van der Waals surface area contributed by atoms with Crippen LogP contribution in [0, 0.1) is 12.3 Å². The predicted octanol–water partition coefficient (Wildman–Crippen LogP) is 0.910. The molecule has 2 heterocycles. The molecule has 5 nitrogen and oxygen atoms in total. The second-order valence-corrected chi connectivity index (χ2v) is 4.70. The fourth-order valence-electron chi connectivity index (χ4n) is 2.02. The van der Waals surface area contributed by atoms with Gasteiger partial charge in [0, 0.05) is 19.5 Å². The van der Waals surface area contributed by atoms with Gasteiger partial charge in [-0.25, -0.2) is 0 Å². The fraction of sp³-hybridized carbons (Fsp3) is 0.615. The van der Waals surface area contributed by atoms with Crippen molar-refractivity contribution >= 4 is 5.97 Å². The summed E-state index contributed by atoms with van der Waals surface area (Å²) in [5, 5.41) is 3.26. The number of furan rings is 1. The molecule has 1 aliphatic rings. The molecule has 0 bridgehead atoms. The highest BCUT2D eigenvalue weighted by atomic mass is 16.5. The molecule has 1 aliphatic heterocycles. The van der Waals surface area contributed by atoms with Gasteiger partial charge in [0.15, 0.2) is 0 Å². The number of hydrogen-bond donors (Lipinski definition) is 1. The van der Waals surface area contributed by atoms with Crippen molar-refractivity contribution in [2.24, 2.45) is 5.41 Å². The van der Waals surface area contributed by atoms with Crippen molar-refractivity contribution in [2.75, 3.05) is 33.4 Å². The first-order valence-electron chi connectivity index (χ1n) is 6.08. The van der Waals surface area contributed by atoms with Crippen molar-refractivity contribution in [2.45, 2.75) is 13.3 Å². The van der Waals surface area contributed by atoms with Crippen molar-refractivity contribution < 1.29 is 18.7 Å². The highest BCUT2D eigenvalue weighted by Gasteiger charge is 2.46. The molecule has 0 radical (unpaired) electrons. The molecule has 0 atom stereocenters. The van der Waals surface area contributed by atoms with Gasteiger partial charge in [-0.2, -0.15) is 0 Å². The monoisotopic (exact) mass is 253 g/mol. The zero-order chi connectivity index (χ0) is 13.0. The summed E-state index contributed by atoms with van der Waals surface area (Å²) in [6, 6.07) is 3.92. The molecule has 1 N–H and O–H groups in total. The highest BCUT2D eigenvalue weighted by Crippen LogP contribution is 2.28. The lowest BCUT2D eigenvalue weighted by atomic mass is 9.86. The van der Waals surface area contributed by atoms with Crippen LogP contribution >= 0.6 is 0 Å². The zero-order valence-corrected chi connectivity index (χ0v) is 10.8. The van der Waals surface area contributed by atoms with Crippen LogP contribution in [0.4, 0.5) is 0 Å². The number of carbonyl (C=O) groups is 1. The van der Waals surface area contributed by atoms with E-state index >= 15 is 0 Å². The number of rotatable bonds is 6. The molecular weight excluding hydrogens is 234 g/mol. The fourth-order valence-corrected chi connectivity index (χ4v) is 2.02. The number of aryl methyl sites for hydroxylation is 1. The Morgan fingerprint density at radius 3 is 2.78 bits per heavy atom. The Morgan fingerprint density at radius 1 is 1.50 bits per heavy atom. The first-order chi connectivity index (χ1) is 8.66. The van der Waals surface area contributed by atoms with Crippen molar-refractivity contribution in [1.82, 2.24) is 5.32 Å². The molecule has 1 aromatic rings. The second kappa shape index (κ2) is 5.54. The van der Waals surface area contributed by atoms with Crippen LogP contribution in [-0.4, -0.2) is 39.4 Å². The first kappa shape index (κ1) is 13.1. The van der Waals surface area contributed by atoms with E-state index < -0.39 is 5.41 Å². The minimum atomic E-state index is -0.492. The van der Waals surface area contributed by atoms with Crippen LogP contribution in [0.1, 0.15) is 11.5 Å². The largest absolute Gasteiger partial charge is 0.468 e. The predicted molar refractivity (Wildman–Crippen MR) is 65.3 cm³/mol. The Bertz CT molecular complexity index is 409. The van der Waals surface area contributed by atoms with Gasteiger partial charge >= 0.3 is 5.97 Å². The number of hydrogen-bond acceptors (Lipinski definition) is 5. The van der Waals surface area contributed by atoms with Crippen LogP contribution in [0.2, 0.25) is 0 Å². The van der Waals surface area contributed by atoms with E-state index in [2.05, 4.69) is 5.32 Å². The Morgan fingerprint density at radius 2 is 2.28 bits per heavy atom. The molecule has 0 saturated carbocycles. The van der Waals surface area contributed by atoms with Gasteiger partial charge in [-0.1, -0.05) is 0 Å². The van der Waals surface area contributed by atoms with Gasteiger partial charge in [-0.3, -0.25) is 4.79 Å². The molecule has 5 heteroatoms. The van der Waals surface area contributed by atoms with Gasteiger partial charge in [-0.05, 0) is 19.1 Å². The van der Waals surface area contributed by atoms with Crippen LogP contribution in [0.5, 0.6) is 0 Å². The van der Waals surface area contributed by atoms with Crippen molar-refractivity contribution in [1.29, 1.82) is 0 Å². The summed E-state index contributed by atoms with van der Waals surface area (Å²) in [7, 11) is 1.41. The Balaban J connectivity index is 1.73. The van der Waals surface area contributed by atoms with Gasteiger partial charge in [0.05, 0.1) is 20.3 Å². The molecule has 1 aromatic heterocycles. The van der Waals surface area contributed by atoms with E-state index in [1.54, 1.807) is 0 Å². The van der Waals surface area contributed by atoms with E-state index in [1.165, 1.54) is 7.11 Å². The topological polar surface area (TPSA) is 60.7 Å². The number of nitrogens with one attached hydrogen (secondary N) is 1. The summed E-state index contributed by atoms with van der Waals surface area (Å²) in [5.41, 5.74) is -0.492. The SMILES string of the molecule is COC(=O)C1(CNCCc2ccc(C)o2)COC1. The molecule has 0 spiro atoms. The summed E-state index contributed by atoms with van der Waals surface area (Å²) in [5.74, 6) is 1.68. The van der Waals surface area contributed by atoms with Gasteiger partial charge < -0.3 is 19.2 Å². The maximum absolute atomic E-state index is 11.6. The molecule has 18 heavy (non-hydrogen) atoms. The minimum absolute atomic E-state index is 0.199. The average Bonchev–Trinajstić information content (AvgIpc) is 2.72. The molecule has 2 rings (SSSR count). The van der Waals surface area contributed by atoms with Crippen molar-refractivity contribution in [3.8, 4) is 0 Å². The summed E-state index contributed by atoms with van der Waals surface area (Å²) < 4.78 is 15.4. The molecular formula is C13H19NO4. The van der Waals surface area contributed by atoms with Crippen LogP contribution in [0.3, 0.4) is 0 Å². The van der Waals surface area contributed by atoms with E-state index in [-0.39, 0.29) is 5.97 Å². The second-order valence-electron chi connectivity index (χ2n) is 4.70. The smallest absolute Gasteiger partial charge is 0.317 e. The van der Waals surface area contributed by atoms with Gasteiger partial charge in [0.1, 0.15) is 16.9 Å². The van der Waals surface area contributed by atoms with E-state index in [9.17, 15) is 4.79 Å². The van der Waals surface area contributed by atoms with Gasteiger partial charge in [0.2, 0.25) is 0 Å². The number of methoxy groups -OCH3 is 1. The Labute approximate surface area is 106 Å². The van der Waals surface area contributed by atoms with Crippen LogP contribution in [-0.2, 0) is 20.7 Å². The third kappa shape index (κ3) is 2.73. The summed E-state index contributed by atoms with van der Waals surface area (Å²) in [4.78, 5) is 11.6. The van der Waals surface area contributed by atoms with Gasteiger partial charge in [0.25, 0.3) is 0 Å². The van der Waals surface area contributed by atoms with E-state index in [1.807, 2.05) is 19.1 Å². The number of esters is 1. The molecule has 0 aromatic carbocycles. The Kier molecular flexibility index (Phi) is 4.04. The standard InChI is InChI=1S/C13H19NO4/c1-10-3-4-11(18-10)5-6-14-7-13(8-17-9-13)12(15)16-2/h3-4,14H,5-9H2,1-2H3. The molecule has 100 valence electrons. The maximum Gasteiger partial charge on any atom is 0.317 e.